The van der Waals surface area contributed by atoms with E-state index < -0.39 is 0 Å². The van der Waals surface area contributed by atoms with Gasteiger partial charge in [0.1, 0.15) is 5.82 Å². The van der Waals surface area contributed by atoms with E-state index in [4.69, 9.17) is 5.11 Å². The van der Waals surface area contributed by atoms with Gasteiger partial charge in [0.2, 0.25) is 0 Å². The molecule has 0 aliphatic carbocycles. The molecule has 0 heterocycles. The van der Waals surface area contributed by atoms with Crippen molar-refractivity contribution < 1.29 is 9.50 Å². The number of halogens is 1. The third-order valence-electron chi connectivity index (χ3n) is 2.76. The van der Waals surface area contributed by atoms with E-state index in [-0.39, 0.29) is 12.4 Å². The van der Waals surface area contributed by atoms with E-state index >= 15 is 0 Å². The summed E-state index contributed by atoms with van der Waals surface area (Å²) in [7, 11) is 0. The maximum Gasteiger partial charge on any atom is 0.131 e. The second kappa shape index (κ2) is 6.66. The summed E-state index contributed by atoms with van der Waals surface area (Å²) in [6, 6.07) is 22.0. The van der Waals surface area contributed by atoms with Crippen LogP contribution in [-0.4, -0.2) is 5.11 Å². The van der Waals surface area contributed by atoms with Gasteiger partial charge in [-0.3, -0.25) is 0 Å². The molecule has 0 amide bonds. The summed E-state index contributed by atoms with van der Waals surface area (Å²) in [6.45, 7) is 0.140. The third kappa shape index (κ3) is 3.63. The fourth-order valence-corrected chi connectivity index (χ4v) is 1.77. The second-order valence-corrected chi connectivity index (χ2v) is 4.10. The minimum Gasteiger partial charge on any atom is -0.392 e. The normalized spacial score (nSPS) is 9.79. The zero-order chi connectivity index (χ0) is 13.5. The fourth-order valence-electron chi connectivity index (χ4n) is 1.77. The van der Waals surface area contributed by atoms with Crippen LogP contribution in [0.3, 0.4) is 0 Å². The van der Waals surface area contributed by atoms with Crippen LogP contribution in [0.2, 0.25) is 0 Å². The van der Waals surface area contributed by atoms with Crippen LogP contribution in [0, 0.1) is 5.82 Å². The summed E-state index contributed by atoms with van der Waals surface area (Å²) in [5.74, 6) is -0.150. The van der Waals surface area contributed by atoms with Crippen LogP contribution < -0.4 is 0 Å². The maximum atomic E-state index is 13.0. The highest BCUT2D eigenvalue weighted by atomic mass is 19.1. The van der Waals surface area contributed by atoms with Crippen LogP contribution in [0.1, 0.15) is 5.56 Å². The van der Waals surface area contributed by atoms with Crippen molar-refractivity contribution in [3.8, 4) is 0 Å². The number of rotatable bonds is 1. The lowest BCUT2D eigenvalue weighted by atomic mass is 10.1. The first-order chi connectivity index (χ1) is 9.31. The minimum absolute atomic E-state index is 0.140. The number of fused-ring (bicyclic) bond motifs is 1. The first kappa shape index (κ1) is 13.2. The van der Waals surface area contributed by atoms with Crippen LogP contribution in [-0.2, 0) is 6.61 Å². The highest BCUT2D eigenvalue weighted by Crippen LogP contribution is 2.15. The number of aliphatic hydroxyl groups excluding tert-OH is 1. The maximum absolute atomic E-state index is 13.0. The molecule has 1 nitrogen and oxygen atoms in total. The Hall–Kier alpha value is -2.19. The number of hydrogen-bond acceptors (Lipinski definition) is 1. The van der Waals surface area contributed by atoms with E-state index in [1.807, 2.05) is 54.6 Å². The van der Waals surface area contributed by atoms with E-state index in [0.717, 1.165) is 10.9 Å². The van der Waals surface area contributed by atoms with Gasteiger partial charge in [-0.1, -0.05) is 66.7 Å². The molecule has 0 saturated heterocycles. The van der Waals surface area contributed by atoms with Gasteiger partial charge in [0.15, 0.2) is 0 Å². The average Bonchev–Trinajstić information content (AvgIpc) is 2.49. The van der Waals surface area contributed by atoms with Gasteiger partial charge < -0.3 is 5.11 Å². The first-order valence-electron chi connectivity index (χ1n) is 6.09. The van der Waals surface area contributed by atoms with Crippen molar-refractivity contribution in [2.24, 2.45) is 0 Å². The molecule has 0 aliphatic heterocycles. The molecule has 96 valence electrons. The Morgan fingerprint density at radius 3 is 2.00 bits per heavy atom. The highest BCUT2D eigenvalue weighted by Gasteiger charge is 1.95. The van der Waals surface area contributed by atoms with Crippen molar-refractivity contribution in [2.45, 2.75) is 6.61 Å². The number of aliphatic hydroxyl groups is 1. The Balaban J connectivity index is 0.000000148. The summed E-state index contributed by atoms with van der Waals surface area (Å²) in [4.78, 5) is 0. The molecule has 0 spiro atoms. The highest BCUT2D eigenvalue weighted by molar-refractivity contribution is 5.82. The summed E-state index contributed by atoms with van der Waals surface area (Å²) >= 11 is 0. The molecule has 3 rings (SSSR count). The molecular formula is C17H15FO. The largest absolute Gasteiger partial charge is 0.392 e. The van der Waals surface area contributed by atoms with Gasteiger partial charge in [0.25, 0.3) is 0 Å². The minimum atomic E-state index is -0.150. The molecule has 0 saturated carbocycles. The Kier molecular flexibility index (Phi) is 4.65. The van der Waals surface area contributed by atoms with E-state index in [1.54, 1.807) is 12.1 Å². The van der Waals surface area contributed by atoms with Gasteiger partial charge >= 0.3 is 0 Å². The summed E-state index contributed by atoms with van der Waals surface area (Å²) in [5.41, 5.74) is 0.965. The molecule has 1 N–H and O–H groups in total. The van der Waals surface area contributed by atoms with Gasteiger partial charge in [-0.25, -0.2) is 4.39 Å². The van der Waals surface area contributed by atoms with Crippen molar-refractivity contribution in [2.75, 3.05) is 0 Å². The van der Waals surface area contributed by atoms with Crippen LogP contribution in [0.4, 0.5) is 4.39 Å². The standard InChI is InChI=1S/C10H7F.C7H8O/c11-10-7-3-5-8-4-1-2-6-9(8)10;8-6-7-4-2-1-3-5-7/h1-7H;1-5,8H,6H2. The van der Waals surface area contributed by atoms with E-state index in [0.29, 0.717) is 5.39 Å². The predicted octanol–water partition coefficient (Wildman–Crippen LogP) is 4.16. The van der Waals surface area contributed by atoms with Crippen molar-refractivity contribution in [3.05, 3.63) is 84.2 Å². The van der Waals surface area contributed by atoms with Gasteiger partial charge in [0, 0.05) is 5.39 Å². The molecular weight excluding hydrogens is 239 g/mol. The van der Waals surface area contributed by atoms with Crippen molar-refractivity contribution in [1.82, 2.24) is 0 Å². The fraction of sp³-hybridized carbons (Fsp3) is 0.0588. The quantitative estimate of drug-likeness (QED) is 0.691. The third-order valence-corrected chi connectivity index (χ3v) is 2.76. The van der Waals surface area contributed by atoms with Gasteiger partial charge in [0.05, 0.1) is 6.61 Å². The molecule has 3 aromatic carbocycles. The van der Waals surface area contributed by atoms with Crippen LogP contribution >= 0.6 is 0 Å². The molecule has 0 aromatic heterocycles. The van der Waals surface area contributed by atoms with Crippen molar-refractivity contribution in [3.63, 3.8) is 0 Å². The summed E-state index contributed by atoms with van der Waals surface area (Å²) < 4.78 is 13.0. The van der Waals surface area contributed by atoms with Gasteiger partial charge in [-0.15, -0.1) is 0 Å². The van der Waals surface area contributed by atoms with Crippen molar-refractivity contribution >= 4 is 10.8 Å². The Morgan fingerprint density at radius 2 is 1.37 bits per heavy atom. The summed E-state index contributed by atoms with van der Waals surface area (Å²) in [5, 5.41) is 10.2. The molecule has 0 fully saturated rings. The van der Waals surface area contributed by atoms with Crippen LogP contribution in [0.25, 0.3) is 10.8 Å². The molecule has 0 radical (unpaired) electrons. The molecule has 2 heteroatoms. The smallest absolute Gasteiger partial charge is 0.131 e. The van der Waals surface area contributed by atoms with E-state index in [1.165, 1.54) is 6.07 Å². The molecule has 3 aromatic rings. The molecule has 19 heavy (non-hydrogen) atoms. The van der Waals surface area contributed by atoms with Gasteiger partial charge in [-0.2, -0.15) is 0 Å². The Morgan fingerprint density at radius 1 is 0.737 bits per heavy atom. The van der Waals surface area contributed by atoms with E-state index in [2.05, 4.69) is 0 Å². The lowest BCUT2D eigenvalue weighted by Gasteiger charge is -1.95. The van der Waals surface area contributed by atoms with Gasteiger partial charge in [-0.05, 0) is 17.0 Å². The molecule has 0 bridgehead atoms. The zero-order valence-corrected chi connectivity index (χ0v) is 10.5. The molecule has 0 unspecified atom stereocenters. The second-order valence-electron chi connectivity index (χ2n) is 4.10. The predicted molar refractivity (Wildman–Crippen MR) is 76.3 cm³/mol. The first-order valence-corrected chi connectivity index (χ1v) is 6.09. The van der Waals surface area contributed by atoms with Crippen molar-refractivity contribution in [1.29, 1.82) is 0 Å². The number of hydrogen-bond donors (Lipinski definition) is 1. The molecule has 0 aliphatic rings. The summed E-state index contributed by atoms with van der Waals surface area (Å²) in [6.07, 6.45) is 0. The van der Waals surface area contributed by atoms with Crippen LogP contribution in [0.15, 0.2) is 72.8 Å². The lowest BCUT2D eigenvalue weighted by Crippen LogP contribution is -1.77. The SMILES string of the molecule is Fc1cccc2ccccc12.OCc1ccccc1. The topological polar surface area (TPSA) is 20.2 Å². The van der Waals surface area contributed by atoms with Crippen LogP contribution in [0.5, 0.6) is 0 Å². The zero-order valence-electron chi connectivity index (χ0n) is 10.5. The monoisotopic (exact) mass is 254 g/mol. The lowest BCUT2D eigenvalue weighted by molar-refractivity contribution is 0.282. The number of benzene rings is 3. The Bertz CT molecular complexity index is 630. The molecule has 0 atom stereocenters. The average molecular weight is 254 g/mol. The van der Waals surface area contributed by atoms with E-state index in [9.17, 15) is 4.39 Å². The Labute approximate surface area is 112 Å².